The summed E-state index contributed by atoms with van der Waals surface area (Å²) < 4.78 is 17.2. The fourth-order valence-electron chi connectivity index (χ4n) is 1.71. The molecule has 0 aliphatic rings. The van der Waals surface area contributed by atoms with Gasteiger partial charge in [-0.25, -0.2) is 0 Å². The summed E-state index contributed by atoms with van der Waals surface area (Å²) in [5.41, 5.74) is 0.461. The Morgan fingerprint density at radius 1 is 1.17 bits per heavy atom. The normalized spacial score (nSPS) is 16.1. The smallest absolute Gasteiger partial charge is 0.233 e. The summed E-state index contributed by atoms with van der Waals surface area (Å²) in [5.74, 6) is -0.696. The summed E-state index contributed by atoms with van der Waals surface area (Å²) in [5, 5.41) is 9.93. The van der Waals surface area contributed by atoms with Crippen LogP contribution in [0.25, 0.3) is 0 Å². The zero-order valence-electron chi connectivity index (χ0n) is 9.77. The molecule has 1 aromatic heterocycles. The van der Waals surface area contributed by atoms with Crippen LogP contribution in [-0.2, 0) is 11.0 Å². The van der Waals surface area contributed by atoms with Crippen molar-refractivity contribution in [1.29, 1.82) is 0 Å². The Kier molecular flexibility index (Phi) is 4.02. The molecule has 0 radical (unpaired) electrons. The fourth-order valence-corrected chi connectivity index (χ4v) is 3.13. The second-order valence-corrected chi connectivity index (χ2v) is 6.54. The zero-order valence-corrected chi connectivity index (χ0v) is 10.7. The molecule has 0 spiro atoms. The molecule has 96 valence electrons. The van der Waals surface area contributed by atoms with Crippen LogP contribution in [0, 0.1) is 0 Å². The van der Waals surface area contributed by atoms with Gasteiger partial charge in [0.2, 0.25) is 7.37 Å². The number of aliphatic hydroxyl groups excluding tert-OH is 1. The molecule has 0 saturated heterocycles. The first kappa shape index (κ1) is 13.1. The molecule has 0 aliphatic heterocycles. The van der Waals surface area contributed by atoms with Crippen molar-refractivity contribution in [1.82, 2.24) is 0 Å². The highest BCUT2D eigenvalue weighted by Crippen LogP contribution is 2.54. The van der Waals surface area contributed by atoms with Crippen molar-refractivity contribution in [3.63, 3.8) is 0 Å². The van der Waals surface area contributed by atoms with Crippen molar-refractivity contribution in [3.8, 4) is 0 Å². The number of furan rings is 1. The maximum absolute atomic E-state index is 12.1. The van der Waals surface area contributed by atoms with E-state index in [0.29, 0.717) is 17.7 Å². The minimum atomic E-state index is -3.65. The van der Waals surface area contributed by atoms with Crippen LogP contribution in [0.1, 0.15) is 17.2 Å². The first-order chi connectivity index (χ1) is 8.59. The number of aryl methyl sites for hydroxylation is 1. The van der Waals surface area contributed by atoms with Gasteiger partial charge in [-0.2, -0.15) is 0 Å². The molecule has 2 N–H and O–H groups in total. The van der Waals surface area contributed by atoms with Crippen molar-refractivity contribution in [2.75, 3.05) is 6.16 Å². The van der Waals surface area contributed by atoms with Crippen molar-refractivity contribution in [2.45, 2.75) is 12.3 Å². The van der Waals surface area contributed by atoms with Crippen LogP contribution in [0.2, 0.25) is 0 Å². The van der Waals surface area contributed by atoms with Crippen molar-refractivity contribution in [2.24, 2.45) is 0 Å². The van der Waals surface area contributed by atoms with Crippen LogP contribution in [-0.4, -0.2) is 16.2 Å². The number of benzene rings is 1. The summed E-state index contributed by atoms with van der Waals surface area (Å²) >= 11 is 0. The zero-order chi connectivity index (χ0) is 13.0. The van der Waals surface area contributed by atoms with E-state index < -0.39 is 13.2 Å². The van der Waals surface area contributed by atoms with E-state index in [4.69, 9.17) is 4.42 Å². The molecule has 0 aliphatic carbocycles. The maximum atomic E-state index is 12.1. The highest BCUT2D eigenvalue weighted by Gasteiger charge is 2.30. The predicted molar refractivity (Wildman–Crippen MR) is 68.5 cm³/mol. The van der Waals surface area contributed by atoms with Gasteiger partial charge in [0.05, 0.1) is 6.26 Å². The van der Waals surface area contributed by atoms with Crippen LogP contribution < -0.4 is 0 Å². The van der Waals surface area contributed by atoms with Gasteiger partial charge in [-0.3, -0.25) is 4.57 Å². The van der Waals surface area contributed by atoms with Gasteiger partial charge in [0.1, 0.15) is 5.76 Å². The minimum absolute atomic E-state index is 0.00340. The van der Waals surface area contributed by atoms with Gasteiger partial charge < -0.3 is 14.4 Å². The molecule has 0 bridgehead atoms. The molecule has 1 unspecified atom stereocenters. The molecule has 2 aromatic rings. The number of aliphatic hydroxyl groups is 1. The highest BCUT2D eigenvalue weighted by atomic mass is 31.2. The maximum Gasteiger partial charge on any atom is 0.233 e. The number of hydrogen-bond acceptors (Lipinski definition) is 3. The molecule has 2 atom stereocenters. The van der Waals surface area contributed by atoms with Crippen molar-refractivity contribution >= 4 is 7.37 Å². The largest absolute Gasteiger partial charge is 0.469 e. The standard InChI is InChI=1S/C13H15O4P/c14-13(11-5-2-1-3-6-11)18(15,16)10-8-12-7-4-9-17-12/h1-7,9,13-14H,8,10H2,(H,15,16)/t13-/m0/s1. The van der Waals surface area contributed by atoms with E-state index in [1.54, 1.807) is 42.5 Å². The van der Waals surface area contributed by atoms with E-state index in [9.17, 15) is 14.6 Å². The van der Waals surface area contributed by atoms with Gasteiger partial charge >= 0.3 is 0 Å². The van der Waals surface area contributed by atoms with E-state index in [-0.39, 0.29) is 6.16 Å². The first-order valence-corrected chi connectivity index (χ1v) is 7.58. The Balaban J connectivity index is 2.04. The van der Waals surface area contributed by atoms with Crippen LogP contribution >= 0.6 is 7.37 Å². The predicted octanol–water partition coefficient (Wildman–Crippen LogP) is 2.78. The summed E-state index contributed by atoms with van der Waals surface area (Å²) in [6.07, 6.45) is 1.85. The van der Waals surface area contributed by atoms with Crippen LogP contribution in [0.4, 0.5) is 0 Å². The van der Waals surface area contributed by atoms with Crippen molar-refractivity contribution < 1.29 is 19.0 Å². The average Bonchev–Trinajstić information content (AvgIpc) is 2.90. The van der Waals surface area contributed by atoms with Gasteiger partial charge in [-0.05, 0) is 17.7 Å². The molecule has 18 heavy (non-hydrogen) atoms. The number of rotatable bonds is 5. The fraction of sp³-hybridized carbons (Fsp3) is 0.231. The Bertz CT molecular complexity index is 521. The molecule has 2 rings (SSSR count). The lowest BCUT2D eigenvalue weighted by Crippen LogP contribution is -2.04. The second kappa shape index (κ2) is 5.53. The highest BCUT2D eigenvalue weighted by molar-refractivity contribution is 7.58. The van der Waals surface area contributed by atoms with E-state index in [0.717, 1.165) is 0 Å². The van der Waals surface area contributed by atoms with Crippen LogP contribution in [0.15, 0.2) is 53.1 Å². The third kappa shape index (κ3) is 3.10. The SMILES string of the molecule is O=P(O)(CCc1ccco1)[C@H](O)c1ccccc1. The van der Waals surface area contributed by atoms with Crippen LogP contribution in [0.3, 0.4) is 0 Å². The quantitative estimate of drug-likeness (QED) is 0.816. The van der Waals surface area contributed by atoms with Crippen LogP contribution in [0.5, 0.6) is 0 Å². The molecular formula is C13H15O4P. The molecule has 1 heterocycles. The minimum Gasteiger partial charge on any atom is -0.469 e. The summed E-state index contributed by atoms with van der Waals surface area (Å²) in [4.78, 5) is 9.90. The van der Waals surface area contributed by atoms with Gasteiger partial charge in [0, 0.05) is 12.6 Å². The lowest BCUT2D eigenvalue weighted by molar-refractivity contribution is 0.234. The summed E-state index contributed by atoms with van der Waals surface area (Å²) in [6.45, 7) is 0. The monoisotopic (exact) mass is 266 g/mol. The van der Waals surface area contributed by atoms with E-state index >= 15 is 0 Å². The average molecular weight is 266 g/mol. The van der Waals surface area contributed by atoms with E-state index in [2.05, 4.69) is 0 Å². The Morgan fingerprint density at radius 3 is 2.50 bits per heavy atom. The third-order valence-corrected chi connectivity index (χ3v) is 4.67. The lowest BCUT2D eigenvalue weighted by Gasteiger charge is -2.18. The third-order valence-electron chi connectivity index (χ3n) is 2.74. The van der Waals surface area contributed by atoms with Crippen molar-refractivity contribution in [3.05, 3.63) is 60.1 Å². The van der Waals surface area contributed by atoms with Gasteiger partial charge in [-0.1, -0.05) is 30.3 Å². The molecule has 0 fully saturated rings. The molecule has 5 heteroatoms. The molecule has 0 saturated carbocycles. The number of hydrogen-bond donors (Lipinski definition) is 2. The Morgan fingerprint density at radius 2 is 1.89 bits per heavy atom. The molecule has 1 aromatic carbocycles. The first-order valence-electron chi connectivity index (χ1n) is 5.66. The Labute approximate surface area is 105 Å². The lowest BCUT2D eigenvalue weighted by atomic mass is 10.2. The van der Waals surface area contributed by atoms with Gasteiger partial charge in [0.15, 0.2) is 5.85 Å². The van der Waals surface area contributed by atoms with Gasteiger partial charge in [0.25, 0.3) is 0 Å². The topological polar surface area (TPSA) is 70.7 Å². The summed E-state index contributed by atoms with van der Waals surface area (Å²) in [7, 11) is -3.65. The Hall–Kier alpha value is -1.35. The molecule has 4 nitrogen and oxygen atoms in total. The van der Waals surface area contributed by atoms with E-state index in [1.807, 2.05) is 0 Å². The van der Waals surface area contributed by atoms with E-state index in [1.165, 1.54) is 6.26 Å². The molecule has 0 amide bonds. The molecular weight excluding hydrogens is 251 g/mol. The summed E-state index contributed by atoms with van der Waals surface area (Å²) in [6, 6.07) is 12.0. The second-order valence-electron chi connectivity index (χ2n) is 4.09. The van der Waals surface area contributed by atoms with Gasteiger partial charge in [-0.15, -0.1) is 0 Å².